The number of nitrogens with zero attached hydrogens (tertiary/aromatic N) is 2. The molecule has 0 bridgehead atoms. The van der Waals surface area contributed by atoms with Crippen LogP contribution in [0.4, 0.5) is 5.69 Å². The third-order valence-corrected chi connectivity index (χ3v) is 7.10. The molecule has 5 rings (SSSR count). The summed E-state index contributed by atoms with van der Waals surface area (Å²) < 4.78 is 0. The number of fused-ring (bicyclic) bond motifs is 1. The van der Waals surface area contributed by atoms with E-state index in [-0.39, 0.29) is 11.8 Å². The molecule has 0 saturated heterocycles. The van der Waals surface area contributed by atoms with Gasteiger partial charge in [0.15, 0.2) is 0 Å². The Bertz CT molecular complexity index is 1250. The molecular formula is C27H24N2O2S. The molecule has 0 unspecified atom stereocenters. The van der Waals surface area contributed by atoms with Crippen molar-refractivity contribution in [3.05, 3.63) is 106 Å². The molecule has 0 N–H and O–H groups in total. The summed E-state index contributed by atoms with van der Waals surface area (Å²) in [6, 6.07) is 23.9. The number of thioether (sulfide) groups is 1. The van der Waals surface area contributed by atoms with Crippen LogP contribution in [0.2, 0.25) is 0 Å². The Morgan fingerprint density at radius 2 is 1.53 bits per heavy atom. The van der Waals surface area contributed by atoms with Crippen LogP contribution in [0.15, 0.2) is 88.3 Å². The lowest BCUT2D eigenvalue weighted by Gasteiger charge is -2.31. The Morgan fingerprint density at radius 3 is 2.28 bits per heavy atom. The van der Waals surface area contributed by atoms with Crippen molar-refractivity contribution in [2.45, 2.75) is 31.7 Å². The second kappa shape index (κ2) is 8.32. The van der Waals surface area contributed by atoms with Crippen molar-refractivity contribution in [3.8, 4) is 0 Å². The molecule has 0 fully saturated rings. The van der Waals surface area contributed by atoms with Crippen LogP contribution in [0.5, 0.6) is 0 Å². The highest BCUT2D eigenvalue weighted by atomic mass is 32.2. The van der Waals surface area contributed by atoms with E-state index in [9.17, 15) is 9.59 Å². The number of hydrogen-bond acceptors (Lipinski definition) is 4. The number of imide groups is 1. The van der Waals surface area contributed by atoms with E-state index >= 15 is 0 Å². The lowest BCUT2D eigenvalue weighted by atomic mass is 9.99. The van der Waals surface area contributed by atoms with Crippen molar-refractivity contribution < 1.29 is 9.59 Å². The van der Waals surface area contributed by atoms with Gasteiger partial charge >= 0.3 is 0 Å². The normalized spacial score (nSPS) is 16.1. The molecule has 0 aliphatic carbocycles. The van der Waals surface area contributed by atoms with Gasteiger partial charge in [-0.2, -0.15) is 0 Å². The molecule has 2 amide bonds. The number of hydrogen-bond donors (Lipinski definition) is 0. The molecule has 3 aromatic carbocycles. The van der Waals surface area contributed by atoms with Gasteiger partial charge < -0.3 is 4.90 Å². The van der Waals surface area contributed by atoms with E-state index in [2.05, 4.69) is 23.1 Å². The van der Waals surface area contributed by atoms with Crippen LogP contribution < -0.4 is 4.90 Å². The predicted molar refractivity (Wildman–Crippen MR) is 128 cm³/mol. The van der Waals surface area contributed by atoms with Crippen molar-refractivity contribution in [2.24, 2.45) is 0 Å². The summed E-state index contributed by atoms with van der Waals surface area (Å²) in [6.07, 6.45) is 0.855. The molecular weight excluding hydrogens is 416 g/mol. The SMILES string of the molecule is Cc1ccc(N2C(=O)C(Sc3ccccc3)=C(N3CCc4ccccc4C3)C2=O)c(C)c1. The van der Waals surface area contributed by atoms with Crippen molar-refractivity contribution in [1.29, 1.82) is 0 Å². The van der Waals surface area contributed by atoms with Crippen molar-refractivity contribution >= 4 is 29.3 Å². The highest BCUT2D eigenvalue weighted by Gasteiger charge is 2.43. The van der Waals surface area contributed by atoms with Crippen molar-refractivity contribution in [2.75, 3.05) is 11.4 Å². The van der Waals surface area contributed by atoms with E-state index in [1.165, 1.54) is 27.8 Å². The Kier molecular flexibility index (Phi) is 5.35. The first-order chi connectivity index (χ1) is 15.5. The van der Waals surface area contributed by atoms with E-state index < -0.39 is 0 Å². The largest absolute Gasteiger partial charge is 0.361 e. The van der Waals surface area contributed by atoms with Gasteiger partial charge in [-0.3, -0.25) is 9.59 Å². The zero-order valence-corrected chi connectivity index (χ0v) is 19.0. The summed E-state index contributed by atoms with van der Waals surface area (Å²) in [7, 11) is 0. The van der Waals surface area contributed by atoms with Crippen LogP contribution in [0.3, 0.4) is 0 Å². The number of aryl methyl sites for hydroxylation is 2. The molecule has 0 spiro atoms. The summed E-state index contributed by atoms with van der Waals surface area (Å²) in [5.74, 6) is -0.482. The molecule has 0 atom stereocenters. The average molecular weight is 441 g/mol. The fourth-order valence-electron chi connectivity index (χ4n) is 4.44. The highest BCUT2D eigenvalue weighted by molar-refractivity contribution is 8.04. The molecule has 160 valence electrons. The maximum atomic E-state index is 13.8. The molecule has 32 heavy (non-hydrogen) atoms. The third kappa shape index (κ3) is 3.63. The minimum Gasteiger partial charge on any atom is -0.361 e. The summed E-state index contributed by atoms with van der Waals surface area (Å²) in [5.41, 5.74) is 5.71. The summed E-state index contributed by atoms with van der Waals surface area (Å²) in [6.45, 7) is 5.30. The van der Waals surface area contributed by atoms with Crippen LogP contribution >= 0.6 is 11.8 Å². The first-order valence-corrected chi connectivity index (χ1v) is 11.6. The number of carbonyl (C=O) groups is 2. The fourth-order valence-corrected chi connectivity index (χ4v) is 5.46. The molecule has 4 nitrogen and oxygen atoms in total. The van der Waals surface area contributed by atoms with E-state index in [4.69, 9.17) is 0 Å². The molecule has 0 aromatic heterocycles. The number of carbonyl (C=O) groups excluding carboxylic acids is 2. The monoisotopic (exact) mass is 440 g/mol. The van der Waals surface area contributed by atoms with Crippen LogP contribution in [0.25, 0.3) is 0 Å². The quantitative estimate of drug-likeness (QED) is 0.521. The van der Waals surface area contributed by atoms with Gasteiger partial charge in [-0.1, -0.05) is 71.9 Å². The van der Waals surface area contributed by atoms with Crippen LogP contribution in [-0.2, 0) is 22.6 Å². The van der Waals surface area contributed by atoms with Crippen LogP contribution in [0.1, 0.15) is 22.3 Å². The number of rotatable bonds is 4. The molecule has 0 radical (unpaired) electrons. The molecule has 2 aliphatic heterocycles. The van der Waals surface area contributed by atoms with Gasteiger partial charge in [0.05, 0.1) is 5.69 Å². The Labute approximate surface area is 192 Å². The van der Waals surface area contributed by atoms with Crippen LogP contribution in [-0.4, -0.2) is 23.3 Å². The number of amides is 2. The zero-order chi connectivity index (χ0) is 22.2. The van der Waals surface area contributed by atoms with Gasteiger partial charge in [0.2, 0.25) is 0 Å². The van der Waals surface area contributed by atoms with Crippen molar-refractivity contribution in [3.63, 3.8) is 0 Å². The predicted octanol–water partition coefficient (Wildman–Crippen LogP) is 5.24. The topological polar surface area (TPSA) is 40.6 Å². The number of benzene rings is 3. The second-order valence-corrected chi connectivity index (χ2v) is 9.35. The number of anilines is 1. The zero-order valence-electron chi connectivity index (χ0n) is 18.2. The first-order valence-electron chi connectivity index (χ1n) is 10.8. The van der Waals surface area contributed by atoms with E-state index in [0.29, 0.717) is 29.4 Å². The van der Waals surface area contributed by atoms with E-state index in [1.807, 2.05) is 68.4 Å². The highest BCUT2D eigenvalue weighted by Crippen LogP contribution is 2.40. The maximum Gasteiger partial charge on any atom is 0.283 e. The molecule has 2 aliphatic rings. The average Bonchev–Trinajstić information content (AvgIpc) is 3.04. The van der Waals surface area contributed by atoms with E-state index in [1.54, 1.807) is 0 Å². The molecule has 5 heteroatoms. The van der Waals surface area contributed by atoms with Gasteiger partial charge in [-0.25, -0.2) is 4.90 Å². The Morgan fingerprint density at radius 1 is 0.812 bits per heavy atom. The lowest BCUT2D eigenvalue weighted by Crippen LogP contribution is -2.37. The van der Waals surface area contributed by atoms with Gasteiger partial charge in [0, 0.05) is 18.0 Å². The van der Waals surface area contributed by atoms with Gasteiger partial charge in [0.1, 0.15) is 10.6 Å². The third-order valence-electron chi connectivity index (χ3n) is 6.02. The maximum absolute atomic E-state index is 13.8. The minimum atomic E-state index is -0.246. The van der Waals surface area contributed by atoms with Gasteiger partial charge in [0.25, 0.3) is 11.8 Å². The summed E-state index contributed by atoms with van der Waals surface area (Å²) >= 11 is 1.38. The second-order valence-electron chi connectivity index (χ2n) is 8.27. The van der Waals surface area contributed by atoms with Gasteiger partial charge in [-0.15, -0.1) is 0 Å². The van der Waals surface area contributed by atoms with Crippen LogP contribution in [0, 0.1) is 13.8 Å². The Balaban J connectivity index is 1.57. The van der Waals surface area contributed by atoms with Crippen molar-refractivity contribution in [1.82, 2.24) is 4.90 Å². The lowest BCUT2D eigenvalue weighted by molar-refractivity contribution is -0.121. The molecule has 0 saturated carbocycles. The summed E-state index contributed by atoms with van der Waals surface area (Å²) in [5, 5.41) is 0. The minimum absolute atomic E-state index is 0.236. The molecule has 3 aromatic rings. The fraction of sp³-hybridized carbons (Fsp3) is 0.185. The summed E-state index contributed by atoms with van der Waals surface area (Å²) in [4.78, 5) is 32.3. The van der Waals surface area contributed by atoms with Gasteiger partial charge in [-0.05, 0) is 55.2 Å². The Hall–Kier alpha value is -3.31. The van der Waals surface area contributed by atoms with E-state index in [0.717, 1.165) is 22.4 Å². The smallest absolute Gasteiger partial charge is 0.283 e. The standard InChI is InChI=1S/C27H24N2O2S/c1-18-12-13-23(19(2)16-18)29-26(30)24(25(27(29)31)32-22-10-4-3-5-11-22)28-15-14-20-8-6-7-9-21(20)17-28/h3-13,16H,14-15,17H2,1-2H3. The first kappa shape index (κ1) is 20.6. The molecule has 2 heterocycles.